The van der Waals surface area contributed by atoms with Crippen LogP contribution in [-0.2, 0) is 4.79 Å². The van der Waals surface area contributed by atoms with Gasteiger partial charge in [-0.1, -0.05) is 29.8 Å². The molecule has 0 saturated heterocycles. The molecule has 0 saturated carbocycles. The van der Waals surface area contributed by atoms with Gasteiger partial charge in [-0.3, -0.25) is 4.79 Å². The standard InChI is InChI=1S/C15H10ClFN2O2/c16-11-5-3-6-12(15(11)17)19-14(20)9-21-13-7-2-1-4-10(13)8-18/h1-7H,9H2,(H,19,20). The molecular weight excluding hydrogens is 295 g/mol. The van der Waals surface area contributed by atoms with Gasteiger partial charge in [0.1, 0.15) is 11.8 Å². The van der Waals surface area contributed by atoms with Gasteiger partial charge in [-0.05, 0) is 24.3 Å². The highest BCUT2D eigenvalue weighted by Crippen LogP contribution is 2.22. The fraction of sp³-hybridized carbons (Fsp3) is 0.0667. The van der Waals surface area contributed by atoms with Crippen molar-refractivity contribution in [3.63, 3.8) is 0 Å². The van der Waals surface area contributed by atoms with Gasteiger partial charge < -0.3 is 10.1 Å². The summed E-state index contributed by atoms with van der Waals surface area (Å²) in [6, 6.07) is 12.8. The Hall–Kier alpha value is -2.58. The van der Waals surface area contributed by atoms with E-state index >= 15 is 0 Å². The van der Waals surface area contributed by atoms with Crippen LogP contribution in [-0.4, -0.2) is 12.5 Å². The normalized spacial score (nSPS) is 9.76. The van der Waals surface area contributed by atoms with E-state index in [1.807, 2.05) is 6.07 Å². The average Bonchev–Trinajstić information content (AvgIpc) is 2.50. The van der Waals surface area contributed by atoms with Crippen LogP contribution in [0.1, 0.15) is 5.56 Å². The molecule has 4 nitrogen and oxygen atoms in total. The Morgan fingerprint density at radius 1 is 1.29 bits per heavy atom. The number of anilines is 1. The average molecular weight is 305 g/mol. The molecule has 0 heterocycles. The number of nitrogens with one attached hydrogen (secondary N) is 1. The molecule has 0 spiro atoms. The number of halogens is 2. The van der Waals surface area contributed by atoms with Crippen molar-refractivity contribution in [2.75, 3.05) is 11.9 Å². The highest BCUT2D eigenvalue weighted by atomic mass is 35.5. The van der Waals surface area contributed by atoms with Crippen LogP contribution in [0.25, 0.3) is 0 Å². The third kappa shape index (κ3) is 3.71. The van der Waals surface area contributed by atoms with Crippen molar-refractivity contribution >= 4 is 23.2 Å². The molecule has 0 aliphatic carbocycles. The Morgan fingerprint density at radius 2 is 2.05 bits per heavy atom. The van der Waals surface area contributed by atoms with Gasteiger partial charge in [0.2, 0.25) is 0 Å². The van der Waals surface area contributed by atoms with Crippen LogP contribution in [0.15, 0.2) is 42.5 Å². The van der Waals surface area contributed by atoms with Crippen LogP contribution < -0.4 is 10.1 Å². The van der Waals surface area contributed by atoms with Crippen molar-refractivity contribution in [3.05, 3.63) is 58.9 Å². The highest BCUT2D eigenvalue weighted by molar-refractivity contribution is 6.31. The van der Waals surface area contributed by atoms with Crippen LogP contribution in [0.2, 0.25) is 5.02 Å². The number of nitriles is 1. The summed E-state index contributed by atoms with van der Waals surface area (Å²) in [6.07, 6.45) is 0. The van der Waals surface area contributed by atoms with Gasteiger partial charge in [-0.15, -0.1) is 0 Å². The lowest BCUT2D eigenvalue weighted by molar-refractivity contribution is -0.118. The number of ether oxygens (including phenoxy) is 1. The molecule has 2 aromatic carbocycles. The van der Waals surface area contributed by atoms with E-state index in [0.29, 0.717) is 11.3 Å². The fourth-order valence-corrected chi connectivity index (χ4v) is 1.79. The predicted octanol–water partition coefficient (Wildman–Crippen LogP) is 3.37. The zero-order valence-corrected chi connectivity index (χ0v) is 11.5. The zero-order valence-electron chi connectivity index (χ0n) is 10.8. The summed E-state index contributed by atoms with van der Waals surface area (Å²) >= 11 is 5.62. The number of para-hydroxylation sites is 1. The maximum Gasteiger partial charge on any atom is 0.262 e. The van der Waals surface area contributed by atoms with E-state index in [9.17, 15) is 9.18 Å². The Kier molecular flexibility index (Phi) is 4.75. The largest absolute Gasteiger partial charge is 0.482 e. The summed E-state index contributed by atoms with van der Waals surface area (Å²) < 4.78 is 18.9. The quantitative estimate of drug-likeness (QED) is 0.942. The molecule has 1 amide bonds. The minimum Gasteiger partial charge on any atom is -0.482 e. The molecule has 0 unspecified atom stereocenters. The Morgan fingerprint density at radius 3 is 2.81 bits per heavy atom. The lowest BCUT2D eigenvalue weighted by atomic mass is 10.2. The highest BCUT2D eigenvalue weighted by Gasteiger charge is 2.11. The number of carbonyl (C=O) groups excluding carboxylic acids is 1. The van der Waals surface area contributed by atoms with Crippen LogP contribution in [0, 0.1) is 17.1 Å². The first kappa shape index (κ1) is 14.8. The number of hydrogen-bond acceptors (Lipinski definition) is 3. The summed E-state index contributed by atoms with van der Waals surface area (Å²) in [4.78, 5) is 11.7. The van der Waals surface area contributed by atoms with Crippen molar-refractivity contribution in [2.24, 2.45) is 0 Å². The third-order valence-corrected chi connectivity index (χ3v) is 2.88. The van der Waals surface area contributed by atoms with Gasteiger partial charge in [0, 0.05) is 0 Å². The third-order valence-electron chi connectivity index (χ3n) is 2.59. The van der Waals surface area contributed by atoms with Crippen LogP contribution in [0.5, 0.6) is 5.75 Å². The molecule has 0 aliphatic rings. The number of nitrogens with zero attached hydrogens (tertiary/aromatic N) is 1. The molecule has 0 radical (unpaired) electrons. The molecule has 0 fully saturated rings. The number of rotatable bonds is 4. The van der Waals surface area contributed by atoms with E-state index in [0.717, 1.165) is 0 Å². The van der Waals surface area contributed by atoms with E-state index < -0.39 is 11.7 Å². The summed E-state index contributed by atoms with van der Waals surface area (Å²) in [5.41, 5.74) is 0.295. The second-order valence-corrected chi connectivity index (χ2v) is 4.45. The summed E-state index contributed by atoms with van der Waals surface area (Å²) in [7, 11) is 0. The van der Waals surface area contributed by atoms with Gasteiger partial charge in [0.25, 0.3) is 5.91 Å². The maximum absolute atomic E-state index is 13.6. The van der Waals surface area contributed by atoms with Crippen molar-refractivity contribution in [1.82, 2.24) is 0 Å². The first-order valence-corrected chi connectivity index (χ1v) is 6.35. The molecule has 106 valence electrons. The molecule has 0 aliphatic heterocycles. The van der Waals surface area contributed by atoms with Crippen LogP contribution >= 0.6 is 11.6 Å². The number of amides is 1. The van der Waals surface area contributed by atoms with E-state index in [2.05, 4.69) is 5.32 Å². The van der Waals surface area contributed by atoms with E-state index in [4.69, 9.17) is 21.6 Å². The minimum atomic E-state index is -0.704. The maximum atomic E-state index is 13.6. The first-order valence-electron chi connectivity index (χ1n) is 5.97. The predicted molar refractivity (Wildman–Crippen MR) is 76.7 cm³/mol. The zero-order chi connectivity index (χ0) is 15.2. The monoisotopic (exact) mass is 304 g/mol. The Bertz CT molecular complexity index is 713. The summed E-state index contributed by atoms with van der Waals surface area (Å²) in [5.74, 6) is -0.962. The summed E-state index contributed by atoms with van der Waals surface area (Å²) in [5, 5.41) is 11.2. The number of benzene rings is 2. The first-order chi connectivity index (χ1) is 10.1. The van der Waals surface area contributed by atoms with Gasteiger partial charge in [0.15, 0.2) is 12.4 Å². The molecule has 1 N–H and O–H groups in total. The van der Waals surface area contributed by atoms with Crippen LogP contribution in [0.4, 0.5) is 10.1 Å². The van der Waals surface area contributed by atoms with Crippen molar-refractivity contribution in [2.45, 2.75) is 0 Å². The smallest absolute Gasteiger partial charge is 0.262 e. The molecule has 0 atom stereocenters. The van der Waals surface area contributed by atoms with E-state index in [1.54, 1.807) is 24.3 Å². The lowest BCUT2D eigenvalue weighted by Crippen LogP contribution is -2.21. The van der Waals surface area contributed by atoms with Gasteiger partial charge >= 0.3 is 0 Å². The molecular formula is C15H10ClFN2O2. The van der Waals surface area contributed by atoms with Crippen molar-refractivity contribution in [1.29, 1.82) is 5.26 Å². The molecule has 21 heavy (non-hydrogen) atoms. The summed E-state index contributed by atoms with van der Waals surface area (Å²) in [6.45, 7) is -0.343. The molecule has 6 heteroatoms. The Labute approximate surface area is 125 Å². The van der Waals surface area contributed by atoms with E-state index in [-0.39, 0.29) is 17.3 Å². The Balaban J connectivity index is 2.00. The SMILES string of the molecule is N#Cc1ccccc1OCC(=O)Nc1cccc(Cl)c1F. The second-order valence-electron chi connectivity index (χ2n) is 4.05. The van der Waals surface area contributed by atoms with Crippen LogP contribution in [0.3, 0.4) is 0 Å². The topological polar surface area (TPSA) is 62.1 Å². The molecule has 0 bridgehead atoms. The minimum absolute atomic E-state index is 0.0235. The fourth-order valence-electron chi connectivity index (χ4n) is 1.61. The molecule has 2 aromatic rings. The van der Waals surface area contributed by atoms with Gasteiger partial charge in [-0.2, -0.15) is 5.26 Å². The lowest BCUT2D eigenvalue weighted by Gasteiger charge is -2.09. The van der Waals surface area contributed by atoms with E-state index in [1.165, 1.54) is 18.2 Å². The second kappa shape index (κ2) is 6.73. The number of carbonyl (C=O) groups is 1. The molecule has 2 rings (SSSR count). The van der Waals surface area contributed by atoms with Gasteiger partial charge in [0.05, 0.1) is 16.3 Å². The van der Waals surface area contributed by atoms with Gasteiger partial charge in [-0.25, -0.2) is 4.39 Å². The molecule has 0 aromatic heterocycles. The van der Waals surface area contributed by atoms with Crippen molar-refractivity contribution < 1.29 is 13.9 Å². The van der Waals surface area contributed by atoms with Crippen molar-refractivity contribution in [3.8, 4) is 11.8 Å². The number of hydrogen-bond donors (Lipinski definition) is 1.